The van der Waals surface area contributed by atoms with E-state index >= 15 is 0 Å². The van der Waals surface area contributed by atoms with Crippen LogP contribution in [0.4, 0.5) is 0 Å². The molecule has 1 aliphatic rings. The van der Waals surface area contributed by atoms with Gasteiger partial charge in [0.05, 0.1) is 5.71 Å². The van der Waals surface area contributed by atoms with Crippen molar-refractivity contribution in [3.05, 3.63) is 34.2 Å². The van der Waals surface area contributed by atoms with Gasteiger partial charge in [0, 0.05) is 11.1 Å². The molecular formula is C12H17NS. The monoisotopic (exact) mass is 207 g/mol. The molecule has 0 amide bonds. The number of allylic oxidation sites excluding steroid dienone is 3. The lowest BCUT2D eigenvalue weighted by atomic mass is 10.0. The molecule has 0 aromatic carbocycles. The summed E-state index contributed by atoms with van der Waals surface area (Å²) in [4.78, 5) is 5.63. The standard InChI is InChI=1S/C12H17NS/c1-6-13-11-9(4)7-14-12(11)10(5)8(2)3/h6-8H,1H2,2-5H3/b12-10-,13-11?. The van der Waals surface area contributed by atoms with Crippen LogP contribution in [0, 0.1) is 5.92 Å². The number of thioether (sulfide) groups is 1. The van der Waals surface area contributed by atoms with E-state index in [0.717, 1.165) is 5.71 Å². The largest absolute Gasteiger partial charge is 0.256 e. The minimum atomic E-state index is 0.576. The lowest BCUT2D eigenvalue weighted by Crippen LogP contribution is -2.02. The van der Waals surface area contributed by atoms with E-state index in [1.54, 1.807) is 18.0 Å². The van der Waals surface area contributed by atoms with Crippen molar-refractivity contribution in [3.8, 4) is 0 Å². The van der Waals surface area contributed by atoms with Crippen LogP contribution < -0.4 is 0 Å². The van der Waals surface area contributed by atoms with E-state index in [1.807, 2.05) is 0 Å². The van der Waals surface area contributed by atoms with E-state index in [-0.39, 0.29) is 0 Å². The summed E-state index contributed by atoms with van der Waals surface area (Å²) in [6.07, 6.45) is 1.62. The van der Waals surface area contributed by atoms with Gasteiger partial charge in [0.2, 0.25) is 0 Å². The van der Waals surface area contributed by atoms with Gasteiger partial charge in [0.1, 0.15) is 0 Å². The van der Waals surface area contributed by atoms with Crippen molar-refractivity contribution >= 4 is 17.5 Å². The SMILES string of the molecule is C=CN=C1C(C)=CS/C1=C(/C)C(C)C. The molecule has 1 rings (SSSR count). The molecule has 76 valence electrons. The minimum Gasteiger partial charge on any atom is -0.256 e. The summed E-state index contributed by atoms with van der Waals surface area (Å²) in [5, 5.41) is 2.16. The topological polar surface area (TPSA) is 12.4 Å². The van der Waals surface area contributed by atoms with E-state index in [1.165, 1.54) is 16.1 Å². The highest BCUT2D eigenvalue weighted by molar-refractivity contribution is 8.07. The number of rotatable bonds is 2. The predicted octanol–water partition coefficient (Wildman–Crippen LogP) is 4.15. The summed E-state index contributed by atoms with van der Waals surface area (Å²) in [7, 11) is 0. The average molecular weight is 207 g/mol. The van der Waals surface area contributed by atoms with Gasteiger partial charge < -0.3 is 0 Å². The van der Waals surface area contributed by atoms with Gasteiger partial charge in [-0.3, -0.25) is 4.99 Å². The van der Waals surface area contributed by atoms with Crippen LogP contribution in [0.5, 0.6) is 0 Å². The lowest BCUT2D eigenvalue weighted by molar-refractivity contribution is 0.769. The summed E-state index contributed by atoms with van der Waals surface area (Å²) in [6, 6.07) is 0. The van der Waals surface area contributed by atoms with Gasteiger partial charge in [-0.25, -0.2) is 0 Å². The van der Waals surface area contributed by atoms with Gasteiger partial charge in [-0.15, -0.1) is 0 Å². The van der Waals surface area contributed by atoms with E-state index in [0.29, 0.717) is 5.92 Å². The Hall–Kier alpha value is -0.760. The van der Waals surface area contributed by atoms with Crippen LogP contribution in [0.25, 0.3) is 0 Å². The molecule has 0 saturated carbocycles. The Kier molecular flexibility index (Phi) is 3.76. The van der Waals surface area contributed by atoms with Crippen LogP contribution >= 0.6 is 11.8 Å². The zero-order chi connectivity index (χ0) is 10.7. The Morgan fingerprint density at radius 2 is 2.21 bits per heavy atom. The third kappa shape index (κ3) is 2.18. The quantitative estimate of drug-likeness (QED) is 0.662. The number of nitrogens with zero attached hydrogens (tertiary/aromatic N) is 1. The fourth-order valence-electron chi connectivity index (χ4n) is 1.23. The molecule has 2 heteroatoms. The van der Waals surface area contributed by atoms with Crippen LogP contribution in [-0.2, 0) is 0 Å². The van der Waals surface area contributed by atoms with E-state index < -0.39 is 0 Å². The Labute approximate surface area is 90.7 Å². The third-order valence-electron chi connectivity index (χ3n) is 2.39. The van der Waals surface area contributed by atoms with E-state index in [4.69, 9.17) is 0 Å². The molecule has 0 aromatic rings. The number of aliphatic imine (C=N–C) groups is 1. The van der Waals surface area contributed by atoms with Crippen LogP contribution in [-0.4, -0.2) is 5.71 Å². The summed E-state index contributed by atoms with van der Waals surface area (Å²) in [5.74, 6) is 0.576. The smallest absolute Gasteiger partial charge is 0.0802 e. The van der Waals surface area contributed by atoms with Crippen molar-refractivity contribution in [1.82, 2.24) is 0 Å². The second-order valence-corrected chi connectivity index (χ2v) is 4.63. The minimum absolute atomic E-state index is 0.576. The van der Waals surface area contributed by atoms with Gasteiger partial charge in [-0.1, -0.05) is 37.8 Å². The van der Waals surface area contributed by atoms with Crippen molar-refractivity contribution in [3.63, 3.8) is 0 Å². The average Bonchev–Trinajstić information content (AvgIpc) is 2.48. The van der Waals surface area contributed by atoms with Crippen molar-refractivity contribution < 1.29 is 0 Å². The van der Waals surface area contributed by atoms with Crippen molar-refractivity contribution in [2.75, 3.05) is 0 Å². The number of hydrogen-bond acceptors (Lipinski definition) is 2. The summed E-state index contributed by atoms with van der Waals surface area (Å²) in [6.45, 7) is 12.3. The second kappa shape index (κ2) is 4.65. The highest BCUT2D eigenvalue weighted by atomic mass is 32.2. The highest BCUT2D eigenvalue weighted by Crippen LogP contribution is 2.35. The van der Waals surface area contributed by atoms with Gasteiger partial charge in [0.15, 0.2) is 0 Å². The molecule has 0 bridgehead atoms. The van der Waals surface area contributed by atoms with Crippen molar-refractivity contribution in [2.24, 2.45) is 10.9 Å². The first kappa shape index (κ1) is 11.3. The van der Waals surface area contributed by atoms with Crippen molar-refractivity contribution in [1.29, 1.82) is 0 Å². The predicted molar refractivity (Wildman–Crippen MR) is 66.5 cm³/mol. The van der Waals surface area contributed by atoms with Crippen molar-refractivity contribution in [2.45, 2.75) is 27.7 Å². The van der Waals surface area contributed by atoms with Gasteiger partial charge in [-0.05, 0) is 30.7 Å². The summed E-state index contributed by atoms with van der Waals surface area (Å²) >= 11 is 1.77. The molecule has 14 heavy (non-hydrogen) atoms. The van der Waals surface area contributed by atoms with Gasteiger partial charge in [0.25, 0.3) is 0 Å². The van der Waals surface area contributed by atoms with Crippen LogP contribution in [0.2, 0.25) is 0 Å². The van der Waals surface area contributed by atoms with Crippen LogP contribution in [0.15, 0.2) is 39.2 Å². The molecule has 0 aromatic heterocycles. The van der Waals surface area contributed by atoms with Gasteiger partial charge >= 0.3 is 0 Å². The van der Waals surface area contributed by atoms with Crippen LogP contribution in [0.3, 0.4) is 0 Å². The molecule has 0 aliphatic carbocycles. The first-order valence-corrected chi connectivity index (χ1v) is 5.69. The second-order valence-electron chi connectivity index (χ2n) is 3.75. The zero-order valence-electron chi connectivity index (χ0n) is 9.29. The highest BCUT2D eigenvalue weighted by Gasteiger charge is 2.19. The maximum Gasteiger partial charge on any atom is 0.0802 e. The molecule has 0 N–H and O–H groups in total. The molecule has 0 spiro atoms. The van der Waals surface area contributed by atoms with E-state index in [2.05, 4.69) is 44.7 Å². The molecule has 0 unspecified atom stereocenters. The molecule has 1 aliphatic heterocycles. The summed E-state index contributed by atoms with van der Waals surface area (Å²) in [5.41, 5.74) is 3.74. The maximum atomic E-state index is 4.32. The molecule has 0 saturated heterocycles. The first-order chi connectivity index (χ1) is 6.57. The fourth-order valence-corrected chi connectivity index (χ4v) is 2.38. The maximum absolute atomic E-state index is 4.32. The Bertz CT molecular complexity index is 332. The molecule has 1 nitrogen and oxygen atoms in total. The first-order valence-electron chi connectivity index (χ1n) is 4.81. The molecule has 1 heterocycles. The summed E-state index contributed by atoms with van der Waals surface area (Å²) < 4.78 is 0. The molecule has 0 radical (unpaired) electrons. The number of hydrogen-bond donors (Lipinski definition) is 0. The molecule has 0 atom stereocenters. The Morgan fingerprint density at radius 1 is 1.57 bits per heavy atom. The van der Waals surface area contributed by atoms with Crippen LogP contribution in [0.1, 0.15) is 27.7 Å². The lowest BCUT2D eigenvalue weighted by Gasteiger charge is -2.10. The molecular weight excluding hydrogens is 190 g/mol. The molecule has 0 fully saturated rings. The normalized spacial score (nSPS) is 22.9. The van der Waals surface area contributed by atoms with Gasteiger partial charge in [-0.2, -0.15) is 0 Å². The van der Waals surface area contributed by atoms with E-state index in [9.17, 15) is 0 Å². The zero-order valence-corrected chi connectivity index (χ0v) is 10.1. The Balaban J connectivity index is 3.11. The third-order valence-corrected chi connectivity index (χ3v) is 3.61. The Morgan fingerprint density at radius 3 is 2.71 bits per heavy atom. The fraction of sp³-hybridized carbons (Fsp3) is 0.417.